The summed E-state index contributed by atoms with van der Waals surface area (Å²) in [7, 11) is 1.50. The Morgan fingerprint density at radius 3 is 3.00 bits per heavy atom. The molecule has 2 heterocycles. The summed E-state index contributed by atoms with van der Waals surface area (Å²) in [4.78, 5) is 21.5. The summed E-state index contributed by atoms with van der Waals surface area (Å²) in [5.74, 6) is 0.785. The number of thiol groups is 1. The highest BCUT2D eigenvalue weighted by molar-refractivity contribution is 9.10. The van der Waals surface area contributed by atoms with E-state index < -0.39 is 0 Å². The van der Waals surface area contributed by atoms with Crippen LogP contribution in [0.2, 0.25) is 0 Å². The smallest absolute Gasteiger partial charge is 0.258 e. The van der Waals surface area contributed by atoms with Gasteiger partial charge in [0.15, 0.2) is 5.82 Å². The number of aromatic nitrogens is 2. The van der Waals surface area contributed by atoms with Gasteiger partial charge in [-0.2, -0.15) is 12.6 Å². The number of ether oxygens (including phenoxy) is 1. The van der Waals surface area contributed by atoms with Crippen LogP contribution in [0.1, 0.15) is 6.42 Å². The van der Waals surface area contributed by atoms with E-state index in [0.29, 0.717) is 29.3 Å². The number of halogens is 1. The molecule has 1 aliphatic heterocycles. The van der Waals surface area contributed by atoms with Crippen LogP contribution in [0.3, 0.4) is 0 Å². The predicted octanol–water partition coefficient (Wildman–Crippen LogP) is 1.28. The van der Waals surface area contributed by atoms with Crippen LogP contribution in [0.5, 0.6) is 5.88 Å². The molecule has 1 saturated heterocycles. The summed E-state index contributed by atoms with van der Waals surface area (Å²) in [6, 6.07) is 0. The van der Waals surface area contributed by atoms with Crippen molar-refractivity contribution >= 4 is 40.3 Å². The van der Waals surface area contributed by atoms with E-state index >= 15 is 0 Å². The fraction of sp³-hybridized carbons (Fsp3) is 0.444. The summed E-state index contributed by atoms with van der Waals surface area (Å²) in [6.07, 6.45) is 1.96. The van der Waals surface area contributed by atoms with Crippen molar-refractivity contribution in [3.63, 3.8) is 0 Å². The van der Waals surface area contributed by atoms with Crippen LogP contribution in [-0.2, 0) is 4.79 Å². The van der Waals surface area contributed by atoms with Crippen molar-refractivity contribution in [1.82, 2.24) is 9.97 Å². The maximum atomic E-state index is 11.7. The lowest BCUT2D eigenvalue weighted by Crippen LogP contribution is -2.26. The number of hydrogen-bond acceptors (Lipinski definition) is 5. The SMILES string of the molecule is COc1nc(Br)cnc1N1CC(S)CC1=O. The van der Waals surface area contributed by atoms with Gasteiger partial charge in [-0.25, -0.2) is 9.97 Å². The van der Waals surface area contributed by atoms with Crippen LogP contribution in [0, 0.1) is 0 Å². The average Bonchev–Trinajstić information content (AvgIpc) is 2.57. The normalized spacial score (nSPS) is 20.3. The first-order valence-corrected chi connectivity index (χ1v) is 5.97. The number of carbonyl (C=O) groups excluding carboxylic acids is 1. The van der Waals surface area contributed by atoms with E-state index in [1.165, 1.54) is 13.3 Å². The minimum Gasteiger partial charge on any atom is -0.478 e. The summed E-state index contributed by atoms with van der Waals surface area (Å²) >= 11 is 7.48. The molecule has 1 aliphatic rings. The van der Waals surface area contributed by atoms with Crippen molar-refractivity contribution < 1.29 is 9.53 Å². The fourth-order valence-corrected chi connectivity index (χ4v) is 2.14. The predicted molar refractivity (Wildman–Crippen MR) is 66.0 cm³/mol. The fourth-order valence-electron chi connectivity index (χ4n) is 1.56. The van der Waals surface area contributed by atoms with Crippen LogP contribution in [-0.4, -0.2) is 34.8 Å². The van der Waals surface area contributed by atoms with Gasteiger partial charge in [0, 0.05) is 18.2 Å². The van der Waals surface area contributed by atoms with Gasteiger partial charge < -0.3 is 4.74 Å². The topological polar surface area (TPSA) is 55.3 Å². The van der Waals surface area contributed by atoms with Gasteiger partial charge in [-0.05, 0) is 15.9 Å². The van der Waals surface area contributed by atoms with E-state index in [1.807, 2.05) is 0 Å². The summed E-state index contributed by atoms with van der Waals surface area (Å²) in [5, 5.41) is 0.0441. The molecule has 0 bridgehead atoms. The molecule has 0 aromatic carbocycles. The molecular formula is C9H10BrN3O2S. The second-order valence-electron chi connectivity index (χ2n) is 3.39. The Hall–Kier alpha value is -0.820. The summed E-state index contributed by atoms with van der Waals surface area (Å²) in [5.41, 5.74) is 0. The van der Waals surface area contributed by atoms with E-state index in [-0.39, 0.29) is 11.2 Å². The molecule has 0 N–H and O–H groups in total. The van der Waals surface area contributed by atoms with Crippen LogP contribution >= 0.6 is 28.6 Å². The molecule has 0 radical (unpaired) electrons. The Labute approximate surface area is 107 Å². The first-order chi connectivity index (χ1) is 7.61. The molecule has 1 aromatic heterocycles. The molecule has 0 spiro atoms. The second-order valence-corrected chi connectivity index (χ2v) is 4.93. The van der Waals surface area contributed by atoms with Gasteiger partial charge in [-0.1, -0.05) is 0 Å². The highest BCUT2D eigenvalue weighted by Gasteiger charge is 2.31. The van der Waals surface area contributed by atoms with Crippen LogP contribution < -0.4 is 9.64 Å². The van der Waals surface area contributed by atoms with Crippen molar-refractivity contribution in [1.29, 1.82) is 0 Å². The number of carbonyl (C=O) groups is 1. The van der Waals surface area contributed by atoms with Crippen molar-refractivity contribution in [2.45, 2.75) is 11.7 Å². The number of nitrogens with zero attached hydrogens (tertiary/aromatic N) is 3. The van der Waals surface area contributed by atoms with Gasteiger partial charge >= 0.3 is 0 Å². The number of methoxy groups -OCH3 is 1. The monoisotopic (exact) mass is 303 g/mol. The highest BCUT2D eigenvalue weighted by atomic mass is 79.9. The van der Waals surface area contributed by atoms with E-state index in [2.05, 4.69) is 38.5 Å². The third kappa shape index (κ3) is 2.15. The van der Waals surface area contributed by atoms with Crippen molar-refractivity contribution in [2.75, 3.05) is 18.6 Å². The maximum absolute atomic E-state index is 11.7. The lowest BCUT2D eigenvalue weighted by atomic mass is 10.4. The standard InChI is InChI=1S/C9H10BrN3O2S/c1-15-9-8(11-3-6(10)12-9)13-4-5(16)2-7(13)14/h3,5,16H,2,4H2,1H3. The van der Waals surface area contributed by atoms with E-state index in [0.717, 1.165) is 0 Å². The first kappa shape index (κ1) is 11.7. The molecule has 1 fully saturated rings. The van der Waals surface area contributed by atoms with Crippen molar-refractivity contribution in [3.05, 3.63) is 10.8 Å². The molecule has 1 atom stereocenters. The Kier molecular flexibility index (Phi) is 3.34. The molecule has 0 aliphatic carbocycles. The molecule has 86 valence electrons. The Bertz CT molecular complexity index is 429. The zero-order valence-corrected chi connectivity index (χ0v) is 11.0. The van der Waals surface area contributed by atoms with Gasteiger partial charge in [-0.3, -0.25) is 9.69 Å². The van der Waals surface area contributed by atoms with Gasteiger partial charge in [0.1, 0.15) is 4.60 Å². The molecular weight excluding hydrogens is 294 g/mol. The number of anilines is 1. The third-order valence-corrected chi connectivity index (χ3v) is 2.97. The molecule has 7 heteroatoms. The third-order valence-electron chi connectivity index (χ3n) is 2.25. The average molecular weight is 304 g/mol. The molecule has 1 amide bonds. The van der Waals surface area contributed by atoms with E-state index in [4.69, 9.17) is 4.74 Å². The molecule has 2 rings (SSSR count). The lowest BCUT2D eigenvalue weighted by molar-refractivity contribution is -0.117. The van der Waals surface area contributed by atoms with Crippen LogP contribution in [0.4, 0.5) is 5.82 Å². The molecule has 1 aromatic rings. The van der Waals surface area contributed by atoms with Crippen molar-refractivity contribution in [3.8, 4) is 5.88 Å². The molecule has 5 nitrogen and oxygen atoms in total. The van der Waals surface area contributed by atoms with Crippen LogP contribution in [0.15, 0.2) is 10.8 Å². The quantitative estimate of drug-likeness (QED) is 0.836. The Morgan fingerprint density at radius 2 is 2.44 bits per heavy atom. The van der Waals surface area contributed by atoms with Gasteiger partial charge in [-0.15, -0.1) is 0 Å². The van der Waals surface area contributed by atoms with Gasteiger partial charge in [0.2, 0.25) is 5.91 Å². The molecule has 0 saturated carbocycles. The number of rotatable bonds is 2. The first-order valence-electron chi connectivity index (χ1n) is 4.66. The van der Waals surface area contributed by atoms with Gasteiger partial charge in [0.25, 0.3) is 5.88 Å². The lowest BCUT2D eigenvalue weighted by Gasteiger charge is -2.16. The van der Waals surface area contributed by atoms with E-state index in [9.17, 15) is 4.79 Å². The summed E-state index contributed by atoms with van der Waals surface area (Å²) < 4.78 is 5.67. The zero-order chi connectivity index (χ0) is 11.7. The second kappa shape index (κ2) is 4.58. The minimum absolute atomic E-state index is 0.00470. The minimum atomic E-state index is -0.00470. The Morgan fingerprint density at radius 1 is 1.69 bits per heavy atom. The molecule has 1 unspecified atom stereocenters. The Balaban J connectivity index is 2.36. The largest absolute Gasteiger partial charge is 0.478 e. The van der Waals surface area contributed by atoms with Crippen molar-refractivity contribution in [2.24, 2.45) is 0 Å². The zero-order valence-electron chi connectivity index (χ0n) is 8.55. The van der Waals surface area contributed by atoms with Crippen LogP contribution in [0.25, 0.3) is 0 Å². The van der Waals surface area contributed by atoms with E-state index in [1.54, 1.807) is 4.90 Å². The number of amides is 1. The highest BCUT2D eigenvalue weighted by Crippen LogP contribution is 2.29. The maximum Gasteiger partial charge on any atom is 0.258 e. The number of hydrogen-bond donors (Lipinski definition) is 1. The molecule has 16 heavy (non-hydrogen) atoms. The van der Waals surface area contributed by atoms with Gasteiger partial charge in [0.05, 0.1) is 13.3 Å². The summed E-state index contributed by atoms with van der Waals surface area (Å²) in [6.45, 7) is 0.536.